The Balaban J connectivity index is 2.40. The Kier molecular flexibility index (Phi) is 2.78. The zero-order chi connectivity index (χ0) is 10.8. The number of aromatic nitrogens is 2. The van der Waals surface area contributed by atoms with Gasteiger partial charge in [0.15, 0.2) is 0 Å². The Labute approximate surface area is 94.3 Å². The van der Waals surface area contributed by atoms with Crippen LogP contribution in [0.1, 0.15) is 17.0 Å². The summed E-state index contributed by atoms with van der Waals surface area (Å²) >= 11 is 5.69. The average molecular weight is 221 g/mol. The standard InChI is InChI=1S/C12H13ClN2/c1-8-3-4-10(5-9(8)2)11-7-14-12(6-13)15-11/h3-5,7H,6H2,1-2H3,(H,14,15). The summed E-state index contributed by atoms with van der Waals surface area (Å²) in [6.07, 6.45) is 1.82. The summed E-state index contributed by atoms with van der Waals surface area (Å²) in [7, 11) is 0. The molecule has 0 fully saturated rings. The number of rotatable bonds is 2. The van der Waals surface area contributed by atoms with Crippen molar-refractivity contribution in [3.05, 3.63) is 41.3 Å². The van der Waals surface area contributed by atoms with Crippen LogP contribution in [0.4, 0.5) is 0 Å². The Hall–Kier alpha value is -1.28. The van der Waals surface area contributed by atoms with Crippen molar-refractivity contribution < 1.29 is 0 Å². The first kappa shape index (κ1) is 10.2. The van der Waals surface area contributed by atoms with Crippen LogP contribution >= 0.6 is 11.6 Å². The Bertz CT molecular complexity index is 474. The molecular weight excluding hydrogens is 208 g/mol. The van der Waals surface area contributed by atoms with Crippen molar-refractivity contribution in [2.75, 3.05) is 0 Å². The van der Waals surface area contributed by atoms with Gasteiger partial charge >= 0.3 is 0 Å². The molecule has 0 atom stereocenters. The van der Waals surface area contributed by atoms with E-state index >= 15 is 0 Å². The number of hydrogen-bond acceptors (Lipinski definition) is 1. The third kappa shape index (κ3) is 2.05. The van der Waals surface area contributed by atoms with Crippen molar-refractivity contribution >= 4 is 11.6 Å². The predicted molar refractivity (Wildman–Crippen MR) is 63.1 cm³/mol. The minimum atomic E-state index is 0.421. The monoisotopic (exact) mass is 220 g/mol. The van der Waals surface area contributed by atoms with Gasteiger partial charge in [-0.2, -0.15) is 0 Å². The second-order valence-corrected chi connectivity index (χ2v) is 3.94. The lowest BCUT2D eigenvalue weighted by Gasteiger charge is -2.02. The summed E-state index contributed by atoms with van der Waals surface area (Å²) in [6.45, 7) is 4.22. The highest BCUT2D eigenvalue weighted by Crippen LogP contribution is 2.20. The maximum Gasteiger partial charge on any atom is 0.121 e. The van der Waals surface area contributed by atoms with Crippen LogP contribution in [0.15, 0.2) is 24.4 Å². The number of nitrogens with one attached hydrogen (secondary N) is 1. The van der Waals surface area contributed by atoms with Gasteiger partial charge < -0.3 is 4.98 Å². The van der Waals surface area contributed by atoms with Gasteiger partial charge in [-0.05, 0) is 36.6 Å². The van der Waals surface area contributed by atoms with Gasteiger partial charge in [0.05, 0.1) is 17.8 Å². The SMILES string of the molecule is Cc1ccc(-c2cnc(CCl)[nH]2)cc1C. The molecule has 0 bridgehead atoms. The molecule has 2 nitrogen and oxygen atoms in total. The number of nitrogens with zero attached hydrogens (tertiary/aromatic N) is 1. The van der Waals surface area contributed by atoms with E-state index in [1.165, 1.54) is 11.1 Å². The molecule has 0 spiro atoms. The minimum absolute atomic E-state index is 0.421. The molecule has 1 aromatic carbocycles. The van der Waals surface area contributed by atoms with E-state index in [9.17, 15) is 0 Å². The third-order valence-corrected chi connectivity index (χ3v) is 2.83. The predicted octanol–water partition coefficient (Wildman–Crippen LogP) is 3.43. The van der Waals surface area contributed by atoms with E-state index < -0.39 is 0 Å². The maximum absolute atomic E-state index is 5.69. The first-order valence-electron chi connectivity index (χ1n) is 4.88. The molecule has 1 aromatic heterocycles. The van der Waals surface area contributed by atoms with Gasteiger partial charge in [0, 0.05) is 0 Å². The lowest BCUT2D eigenvalue weighted by atomic mass is 10.1. The minimum Gasteiger partial charge on any atom is -0.341 e. The number of H-pyrrole nitrogens is 1. The molecule has 3 heteroatoms. The van der Waals surface area contributed by atoms with E-state index in [1.54, 1.807) is 0 Å². The van der Waals surface area contributed by atoms with Gasteiger partial charge in [-0.3, -0.25) is 0 Å². The molecule has 1 N–H and O–H groups in total. The molecule has 0 unspecified atom stereocenters. The summed E-state index contributed by atoms with van der Waals surface area (Å²) in [6, 6.07) is 6.36. The maximum atomic E-state index is 5.69. The Morgan fingerprint density at radius 2 is 2.07 bits per heavy atom. The van der Waals surface area contributed by atoms with Gasteiger partial charge in [-0.1, -0.05) is 12.1 Å². The van der Waals surface area contributed by atoms with E-state index in [1.807, 2.05) is 6.20 Å². The molecule has 0 amide bonds. The van der Waals surface area contributed by atoms with Crippen molar-refractivity contribution in [1.29, 1.82) is 0 Å². The third-order valence-electron chi connectivity index (χ3n) is 2.57. The van der Waals surface area contributed by atoms with E-state index in [2.05, 4.69) is 42.0 Å². The second-order valence-electron chi connectivity index (χ2n) is 3.68. The molecular formula is C12H13ClN2. The van der Waals surface area contributed by atoms with Crippen molar-refractivity contribution in [1.82, 2.24) is 9.97 Å². The van der Waals surface area contributed by atoms with E-state index in [0.717, 1.165) is 17.1 Å². The summed E-state index contributed by atoms with van der Waals surface area (Å²) in [5, 5.41) is 0. The van der Waals surface area contributed by atoms with Crippen LogP contribution in [-0.4, -0.2) is 9.97 Å². The fraction of sp³-hybridized carbons (Fsp3) is 0.250. The highest BCUT2D eigenvalue weighted by molar-refractivity contribution is 6.16. The molecule has 0 aliphatic carbocycles. The summed E-state index contributed by atoms with van der Waals surface area (Å²) in [5.41, 5.74) is 4.76. The normalized spacial score (nSPS) is 10.6. The van der Waals surface area contributed by atoms with Gasteiger partial charge in [-0.25, -0.2) is 4.98 Å². The molecule has 0 saturated heterocycles. The number of aryl methyl sites for hydroxylation is 2. The Morgan fingerprint density at radius 3 is 2.67 bits per heavy atom. The molecule has 78 valence electrons. The number of halogens is 1. The lowest BCUT2D eigenvalue weighted by Crippen LogP contribution is -1.84. The first-order chi connectivity index (χ1) is 7.20. The van der Waals surface area contributed by atoms with Gasteiger partial charge in [0.2, 0.25) is 0 Å². The average Bonchev–Trinajstić information content (AvgIpc) is 2.70. The van der Waals surface area contributed by atoms with E-state index in [0.29, 0.717) is 5.88 Å². The zero-order valence-electron chi connectivity index (χ0n) is 8.84. The summed E-state index contributed by atoms with van der Waals surface area (Å²) < 4.78 is 0. The Morgan fingerprint density at radius 1 is 1.27 bits per heavy atom. The van der Waals surface area contributed by atoms with Gasteiger partial charge in [0.25, 0.3) is 0 Å². The molecule has 2 aromatic rings. The topological polar surface area (TPSA) is 28.7 Å². The van der Waals surface area contributed by atoms with Crippen LogP contribution in [0.5, 0.6) is 0 Å². The van der Waals surface area contributed by atoms with Crippen LogP contribution < -0.4 is 0 Å². The van der Waals surface area contributed by atoms with Crippen molar-refractivity contribution in [3.63, 3.8) is 0 Å². The lowest BCUT2D eigenvalue weighted by molar-refractivity contribution is 1.12. The van der Waals surface area contributed by atoms with Crippen LogP contribution in [0, 0.1) is 13.8 Å². The quantitative estimate of drug-likeness (QED) is 0.772. The van der Waals surface area contributed by atoms with Crippen LogP contribution in [0.3, 0.4) is 0 Å². The van der Waals surface area contributed by atoms with Crippen molar-refractivity contribution in [3.8, 4) is 11.3 Å². The van der Waals surface area contributed by atoms with Crippen LogP contribution in [-0.2, 0) is 5.88 Å². The van der Waals surface area contributed by atoms with Crippen molar-refractivity contribution in [2.24, 2.45) is 0 Å². The fourth-order valence-electron chi connectivity index (χ4n) is 1.49. The second kappa shape index (κ2) is 4.07. The van der Waals surface area contributed by atoms with Gasteiger partial charge in [0.1, 0.15) is 5.82 Å². The number of benzene rings is 1. The number of aromatic amines is 1. The summed E-state index contributed by atoms with van der Waals surface area (Å²) in [5.74, 6) is 1.23. The van der Waals surface area contributed by atoms with E-state index in [4.69, 9.17) is 11.6 Å². The molecule has 1 heterocycles. The van der Waals surface area contributed by atoms with Crippen LogP contribution in [0.2, 0.25) is 0 Å². The number of hydrogen-bond donors (Lipinski definition) is 1. The number of alkyl halides is 1. The first-order valence-corrected chi connectivity index (χ1v) is 5.41. The van der Waals surface area contributed by atoms with E-state index in [-0.39, 0.29) is 0 Å². The molecule has 2 rings (SSSR count). The smallest absolute Gasteiger partial charge is 0.121 e. The highest BCUT2D eigenvalue weighted by atomic mass is 35.5. The molecule has 0 aliphatic rings. The fourth-order valence-corrected chi connectivity index (χ4v) is 1.62. The van der Waals surface area contributed by atoms with Crippen LogP contribution in [0.25, 0.3) is 11.3 Å². The number of imidazole rings is 1. The zero-order valence-corrected chi connectivity index (χ0v) is 9.60. The summed E-state index contributed by atoms with van der Waals surface area (Å²) in [4.78, 5) is 7.36. The molecule has 15 heavy (non-hydrogen) atoms. The molecule has 0 radical (unpaired) electrons. The van der Waals surface area contributed by atoms with Crippen molar-refractivity contribution in [2.45, 2.75) is 19.7 Å². The molecule has 0 saturated carbocycles. The highest BCUT2D eigenvalue weighted by Gasteiger charge is 2.03. The molecule has 0 aliphatic heterocycles. The largest absolute Gasteiger partial charge is 0.341 e. The van der Waals surface area contributed by atoms with Gasteiger partial charge in [-0.15, -0.1) is 11.6 Å².